The molecule has 0 unspecified atom stereocenters. The van der Waals surface area contributed by atoms with Crippen LogP contribution in [0.15, 0.2) is 30.3 Å². The number of likely N-dealkylation sites (tertiary alicyclic amines) is 1. The first-order valence-corrected chi connectivity index (χ1v) is 8.65. The summed E-state index contributed by atoms with van der Waals surface area (Å²) in [6.07, 6.45) is 1.58. The van der Waals surface area contributed by atoms with Gasteiger partial charge in [-0.05, 0) is 24.3 Å². The summed E-state index contributed by atoms with van der Waals surface area (Å²) in [4.78, 5) is 38.7. The Labute approximate surface area is 148 Å². The van der Waals surface area contributed by atoms with E-state index < -0.39 is 18.1 Å². The van der Waals surface area contributed by atoms with Crippen LogP contribution < -0.4 is 5.32 Å². The van der Waals surface area contributed by atoms with Crippen LogP contribution in [-0.4, -0.2) is 48.4 Å². The van der Waals surface area contributed by atoms with E-state index in [0.717, 1.165) is 12.0 Å². The Bertz CT molecular complexity index is 615. The molecule has 0 radical (unpaired) electrons. The monoisotopic (exact) mass is 346 g/mol. The van der Waals surface area contributed by atoms with Crippen molar-refractivity contribution in [2.75, 3.05) is 13.7 Å². The Morgan fingerprint density at radius 3 is 2.52 bits per heavy atom. The summed E-state index contributed by atoms with van der Waals surface area (Å²) in [5, 5.41) is 2.84. The van der Waals surface area contributed by atoms with Crippen molar-refractivity contribution in [1.82, 2.24) is 10.2 Å². The molecule has 1 aromatic rings. The van der Waals surface area contributed by atoms with Gasteiger partial charge in [-0.25, -0.2) is 4.79 Å². The van der Waals surface area contributed by atoms with Gasteiger partial charge in [0.05, 0.1) is 13.5 Å². The van der Waals surface area contributed by atoms with Crippen LogP contribution >= 0.6 is 0 Å². The Kier molecular flexibility index (Phi) is 6.56. The van der Waals surface area contributed by atoms with E-state index in [0.29, 0.717) is 13.0 Å². The maximum atomic E-state index is 12.9. The molecule has 0 bridgehead atoms. The first-order valence-electron chi connectivity index (χ1n) is 8.65. The quantitative estimate of drug-likeness (QED) is 0.793. The number of nitrogens with one attached hydrogen (secondary N) is 1. The SMILES string of the molecule is COC(=O)[C@@H]1CCCN1C(=O)[C@@H](NC(=O)Cc1ccccc1)C(C)C. The summed E-state index contributed by atoms with van der Waals surface area (Å²) in [5.74, 6) is -0.897. The number of hydrogen-bond donors (Lipinski definition) is 1. The van der Waals surface area contributed by atoms with Crippen LogP contribution in [-0.2, 0) is 25.5 Å². The van der Waals surface area contributed by atoms with Crippen LogP contribution in [0.25, 0.3) is 0 Å². The van der Waals surface area contributed by atoms with E-state index in [9.17, 15) is 14.4 Å². The molecular weight excluding hydrogens is 320 g/mol. The van der Waals surface area contributed by atoms with Crippen LogP contribution in [0.2, 0.25) is 0 Å². The van der Waals surface area contributed by atoms with E-state index in [1.54, 1.807) is 4.90 Å². The van der Waals surface area contributed by atoms with Gasteiger partial charge in [0.1, 0.15) is 12.1 Å². The molecule has 6 nitrogen and oxygen atoms in total. The number of methoxy groups -OCH3 is 1. The maximum absolute atomic E-state index is 12.9. The molecule has 1 N–H and O–H groups in total. The number of rotatable bonds is 6. The van der Waals surface area contributed by atoms with Crippen molar-refractivity contribution in [2.45, 2.75) is 45.2 Å². The van der Waals surface area contributed by atoms with Crippen LogP contribution in [0, 0.1) is 5.92 Å². The second kappa shape index (κ2) is 8.65. The summed E-state index contributed by atoms with van der Waals surface area (Å²) in [6.45, 7) is 4.28. The lowest BCUT2D eigenvalue weighted by Crippen LogP contribution is -2.54. The molecule has 0 saturated carbocycles. The van der Waals surface area contributed by atoms with E-state index in [1.807, 2.05) is 44.2 Å². The highest BCUT2D eigenvalue weighted by molar-refractivity contribution is 5.91. The normalized spacial score (nSPS) is 18.1. The molecule has 136 valence electrons. The number of hydrogen-bond acceptors (Lipinski definition) is 4. The fourth-order valence-electron chi connectivity index (χ4n) is 3.11. The number of carbonyl (C=O) groups is 3. The minimum atomic E-state index is -0.651. The van der Waals surface area contributed by atoms with Crippen LogP contribution in [0.1, 0.15) is 32.3 Å². The average molecular weight is 346 g/mol. The fraction of sp³-hybridized carbons (Fsp3) is 0.526. The van der Waals surface area contributed by atoms with E-state index in [-0.39, 0.29) is 24.2 Å². The van der Waals surface area contributed by atoms with Gasteiger partial charge in [-0.3, -0.25) is 9.59 Å². The Balaban J connectivity index is 2.05. The number of carbonyl (C=O) groups excluding carboxylic acids is 3. The third-order valence-electron chi connectivity index (χ3n) is 4.47. The van der Waals surface area contributed by atoms with Crippen LogP contribution in [0.3, 0.4) is 0 Å². The van der Waals surface area contributed by atoms with Crippen LogP contribution in [0.5, 0.6) is 0 Å². The van der Waals surface area contributed by atoms with Gasteiger partial charge in [-0.1, -0.05) is 44.2 Å². The van der Waals surface area contributed by atoms with Crippen molar-refractivity contribution in [3.63, 3.8) is 0 Å². The minimum absolute atomic E-state index is 0.0777. The van der Waals surface area contributed by atoms with Gasteiger partial charge < -0.3 is 15.0 Å². The molecule has 25 heavy (non-hydrogen) atoms. The highest BCUT2D eigenvalue weighted by Crippen LogP contribution is 2.21. The molecule has 2 atom stereocenters. The molecule has 0 spiro atoms. The Morgan fingerprint density at radius 1 is 1.24 bits per heavy atom. The van der Waals surface area contributed by atoms with E-state index in [4.69, 9.17) is 4.74 Å². The van der Waals surface area contributed by atoms with Crippen molar-refractivity contribution in [1.29, 1.82) is 0 Å². The molecule has 1 saturated heterocycles. The molecule has 6 heteroatoms. The van der Waals surface area contributed by atoms with Crippen molar-refractivity contribution >= 4 is 17.8 Å². The average Bonchev–Trinajstić information content (AvgIpc) is 3.08. The molecule has 1 heterocycles. The third-order valence-corrected chi connectivity index (χ3v) is 4.47. The van der Waals surface area contributed by atoms with E-state index in [2.05, 4.69) is 5.32 Å². The van der Waals surface area contributed by atoms with Crippen molar-refractivity contribution in [2.24, 2.45) is 5.92 Å². The fourth-order valence-corrected chi connectivity index (χ4v) is 3.11. The third kappa shape index (κ3) is 4.81. The summed E-state index contributed by atoms with van der Waals surface area (Å²) < 4.78 is 4.79. The predicted octanol–water partition coefficient (Wildman–Crippen LogP) is 1.53. The molecule has 2 rings (SSSR count). The van der Waals surface area contributed by atoms with Gasteiger partial charge >= 0.3 is 5.97 Å². The molecule has 1 aliphatic rings. The van der Waals surface area contributed by atoms with Gasteiger partial charge in [-0.2, -0.15) is 0 Å². The van der Waals surface area contributed by atoms with Crippen molar-refractivity contribution in [3.05, 3.63) is 35.9 Å². The number of esters is 1. The topological polar surface area (TPSA) is 75.7 Å². The Morgan fingerprint density at radius 2 is 1.92 bits per heavy atom. The van der Waals surface area contributed by atoms with E-state index in [1.165, 1.54) is 7.11 Å². The maximum Gasteiger partial charge on any atom is 0.328 e. The number of nitrogens with zero attached hydrogens (tertiary/aromatic N) is 1. The van der Waals surface area contributed by atoms with Gasteiger partial charge in [0.2, 0.25) is 11.8 Å². The Hall–Kier alpha value is -2.37. The largest absolute Gasteiger partial charge is 0.467 e. The number of ether oxygens (including phenoxy) is 1. The summed E-state index contributed by atoms with van der Waals surface area (Å²) in [7, 11) is 1.32. The lowest BCUT2D eigenvalue weighted by Gasteiger charge is -2.29. The van der Waals surface area contributed by atoms with Gasteiger partial charge in [0.15, 0.2) is 0 Å². The summed E-state index contributed by atoms with van der Waals surface area (Å²) >= 11 is 0. The van der Waals surface area contributed by atoms with Gasteiger partial charge in [0.25, 0.3) is 0 Å². The predicted molar refractivity (Wildman–Crippen MR) is 93.7 cm³/mol. The highest BCUT2D eigenvalue weighted by Gasteiger charge is 2.39. The zero-order chi connectivity index (χ0) is 18.4. The highest BCUT2D eigenvalue weighted by atomic mass is 16.5. The first-order chi connectivity index (χ1) is 11.9. The molecule has 0 aromatic heterocycles. The molecule has 1 aromatic carbocycles. The minimum Gasteiger partial charge on any atom is -0.467 e. The van der Waals surface area contributed by atoms with E-state index >= 15 is 0 Å². The van der Waals surface area contributed by atoms with Crippen LogP contribution in [0.4, 0.5) is 0 Å². The second-order valence-electron chi connectivity index (χ2n) is 6.66. The number of benzene rings is 1. The molecule has 0 aliphatic carbocycles. The number of amides is 2. The standard InChI is InChI=1S/C19H26N2O4/c1-13(2)17(20-16(22)12-14-8-5-4-6-9-14)18(23)21-11-7-10-15(21)19(24)25-3/h4-6,8-9,13,15,17H,7,10-12H2,1-3H3,(H,20,22)/t15-,17-/m0/s1. The smallest absolute Gasteiger partial charge is 0.328 e. The summed E-state index contributed by atoms with van der Waals surface area (Å²) in [5.41, 5.74) is 0.892. The molecule has 1 aliphatic heterocycles. The van der Waals surface area contributed by atoms with Gasteiger partial charge in [-0.15, -0.1) is 0 Å². The zero-order valence-electron chi connectivity index (χ0n) is 15.0. The van der Waals surface area contributed by atoms with Gasteiger partial charge in [0, 0.05) is 6.54 Å². The lowest BCUT2D eigenvalue weighted by molar-refractivity contribution is -0.152. The molecular formula is C19H26N2O4. The lowest BCUT2D eigenvalue weighted by atomic mass is 10.0. The molecule has 2 amide bonds. The first kappa shape index (κ1) is 19.0. The molecule has 1 fully saturated rings. The van der Waals surface area contributed by atoms with Crippen molar-refractivity contribution in [3.8, 4) is 0 Å². The van der Waals surface area contributed by atoms with Crippen molar-refractivity contribution < 1.29 is 19.1 Å². The summed E-state index contributed by atoms with van der Waals surface area (Å²) in [6, 6.07) is 8.19. The second-order valence-corrected chi connectivity index (χ2v) is 6.66. The zero-order valence-corrected chi connectivity index (χ0v) is 15.0.